The predicted molar refractivity (Wildman–Crippen MR) is 77.8 cm³/mol. The van der Waals surface area contributed by atoms with E-state index in [0.29, 0.717) is 11.1 Å². The standard InChI is InChI=1S/C15H9ClN2O2/c16-15(12-7-4-8-13(9-12)18(19)20)14(10-17)11-5-2-1-3-6-11/h1-9H. The fourth-order valence-electron chi connectivity index (χ4n) is 1.75. The van der Waals surface area contributed by atoms with Gasteiger partial charge in [0.05, 0.1) is 15.5 Å². The first kappa shape index (κ1) is 13.8. The second-order valence-corrected chi connectivity index (χ2v) is 4.35. The Morgan fingerprint density at radius 2 is 1.75 bits per heavy atom. The van der Waals surface area contributed by atoms with Gasteiger partial charge >= 0.3 is 0 Å². The van der Waals surface area contributed by atoms with Gasteiger partial charge in [0.25, 0.3) is 5.69 Å². The predicted octanol–water partition coefficient (Wildman–Crippen LogP) is 4.23. The third-order valence-electron chi connectivity index (χ3n) is 2.70. The van der Waals surface area contributed by atoms with E-state index in [1.165, 1.54) is 18.2 Å². The van der Waals surface area contributed by atoms with Gasteiger partial charge in [-0.1, -0.05) is 54.1 Å². The SMILES string of the molecule is N#CC(=C(Cl)c1cccc([N+](=O)[O-])c1)c1ccccc1. The van der Waals surface area contributed by atoms with Crippen molar-refractivity contribution in [1.29, 1.82) is 5.26 Å². The number of non-ortho nitro benzene ring substituents is 1. The third-order valence-corrected chi connectivity index (χ3v) is 3.11. The summed E-state index contributed by atoms with van der Waals surface area (Å²) in [6, 6.07) is 16.9. The van der Waals surface area contributed by atoms with Crippen LogP contribution in [0.3, 0.4) is 0 Å². The number of nitro groups is 1. The van der Waals surface area contributed by atoms with E-state index in [0.717, 1.165) is 0 Å². The number of halogens is 1. The van der Waals surface area contributed by atoms with E-state index in [1.807, 2.05) is 12.1 Å². The Hall–Kier alpha value is -2.64. The highest BCUT2D eigenvalue weighted by Crippen LogP contribution is 2.30. The van der Waals surface area contributed by atoms with Crippen LogP contribution < -0.4 is 0 Å². The number of nitro benzene ring substituents is 1. The summed E-state index contributed by atoms with van der Waals surface area (Å²) in [7, 11) is 0. The molecule has 0 aromatic heterocycles. The minimum absolute atomic E-state index is 0.0639. The Labute approximate surface area is 120 Å². The smallest absolute Gasteiger partial charge is 0.258 e. The molecule has 0 bridgehead atoms. The van der Waals surface area contributed by atoms with Gasteiger partial charge < -0.3 is 0 Å². The molecule has 0 aliphatic heterocycles. The topological polar surface area (TPSA) is 66.9 Å². The molecule has 0 saturated heterocycles. The number of hydrogen-bond donors (Lipinski definition) is 0. The second kappa shape index (κ2) is 6.00. The van der Waals surface area contributed by atoms with Gasteiger partial charge in [0.1, 0.15) is 6.07 Å². The molecule has 0 aliphatic rings. The number of allylic oxidation sites excluding steroid dienone is 1. The highest BCUT2D eigenvalue weighted by molar-refractivity contribution is 6.53. The number of rotatable bonds is 3. The maximum absolute atomic E-state index is 10.8. The monoisotopic (exact) mass is 284 g/mol. The molecule has 0 aliphatic carbocycles. The second-order valence-electron chi connectivity index (χ2n) is 3.97. The molecular formula is C15H9ClN2O2. The first-order valence-corrected chi connectivity index (χ1v) is 6.11. The van der Waals surface area contributed by atoms with Crippen LogP contribution in [0, 0.1) is 21.4 Å². The molecule has 98 valence electrons. The highest BCUT2D eigenvalue weighted by atomic mass is 35.5. The van der Waals surface area contributed by atoms with Crippen molar-refractivity contribution in [1.82, 2.24) is 0 Å². The Morgan fingerprint density at radius 1 is 1.10 bits per heavy atom. The maximum atomic E-state index is 10.8. The van der Waals surface area contributed by atoms with Gasteiger partial charge in [0.15, 0.2) is 0 Å². The molecule has 0 radical (unpaired) electrons. The average Bonchev–Trinajstić information content (AvgIpc) is 2.49. The molecule has 2 aromatic rings. The van der Waals surface area contributed by atoms with Crippen molar-refractivity contribution in [3.05, 3.63) is 75.8 Å². The van der Waals surface area contributed by atoms with E-state index in [2.05, 4.69) is 0 Å². The van der Waals surface area contributed by atoms with Crippen molar-refractivity contribution in [3.63, 3.8) is 0 Å². The van der Waals surface area contributed by atoms with Crippen LogP contribution in [0.1, 0.15) is 11.1 Å². The lowest BCUT2D eigenvalue weighted by Crippen LogP contribution is -1.90. The molecule has 0 atom stereocenters. The summed E-state index contributed by atoms with van der Waals surface area (Å²) in [4.78, 5) is 10.3. The van der Waals surface area contributed by atoms with Crippen molar-refractivity contribution in [2.45, 2.75) is 0 Å². The van der Waals surface area contributed by atoms with Gasteiger partial charge in [-0.05, 0) is 5.56 Å². The Morgan fingerprint density at radius 3 is 2.35 bits per heavy atom. The van der Waals surface area contributed by atoms with Gasteiger partial charge in [0, 0.05) is 17.7 Å². The maximum Gasteiger partial charge on any atom is 0.270 e. The van der Waals surface area contributed by atoms with E-state index in [1.54, 1.807) is 30.3 Å². The van der Waals surface area contributed by atoms with Crippen molar-refractivity contribution < 1.29 is 4.92 Å². The highest BCUT2D eigenvalue weighted by Gasteiger charge is 2.12. The van der Waals surface area contributed by atoms with Crippen LogP contribution >= 0.6 is 11.6 Å². The van der Waals surface area contributed by atoms with Crippen molar-refractivity contribution in [3.8, 4) is 6.07 Å². The van der Waals surface area contributed by atoms with Crippen LogP contribution in [0.25, 0.3) is 10.6 Å². The van der Waals surface area contributed by atoms with E-state index in [9.17, 15) is 15.4 Å². The van der Waals surface area contributed by atoms with Gasteiger partial charge in [0.2, 0.25) is 0 Å². The summed E-state index contributed by atoms with van der Waals surface area (Å²) in [6.07, 6.45) is 0. The molecule has 0 heterocycles. The molecule has 0 unspecified atom stereocenters. The molecule has 0 fully saturated rings. The Kier molecular flexibility index (Phi) is 4.14. The van der Waals surface area contributed by atoms with Gasteiger partial charge in [-0.25, -0.2) is 0 Å². The molecule has 0 saturated carbocycles. The van der Waals surface area contributed by atoms with Crippen LogP contribution in [-0.2, 0) is 0 Å². The van der Waals surface area contributed by atoms with Crippen LogP contribution in [0.2, 0.25) is 0 Å². The Bertz CT molecular complexity index is 718. The summed E-state index contributed by atoms with van der Waals surface area (Å²) in [5.41, 5.74) is 1.34. The number of nitriles is 1. The van der Waals surface area contributed by atoms with Crippen LogP contribution in [0.5, 0.6) is 0 Å². The fourth-order valence-corrected chi connectivity index (χ4v) is 2.01. The lowest BCUT2D eigenvalue weighted by molar-refractivity contribution is -0.384. The Balaban J connectivity index is 2.55. The number of benzene rings is 2. The zero-order valence-electron chi connectivity index (χ0n) is 10.3. The van der Waals surface area contributed by atoms with Crippen molar-refractivity contribution >= 4 is 27.9 Å². The quantitative estimate of drug-likeness (QED) is 0.367. The summed E-state index contributed by atoms with van der Waals surface area (Å²) in [6.45, 7) is 0. The summed E-state index contributed by atoms with van der Waals surface area (Å²) >= 11 is 6.22. The fraction of sp³-hybridized carbons (Fsp3) is 0. The molecule has 0 amide bonds. The lowest BCUT2D eigenvalue weighted by Gasteiger charge is -2.04. The van der Waals surface area contributed by atoms with Crippen LogP contribution in [-0.4, -0.2) is 4.92 Å². The van der Waals surface area contributed by atoms with E-state index in [4.69, 9.17) is 11.6 Å². The summed E-state index contributed by atoms with van der Waals surface area (Å²) in [5, 5.41) is 20.2. The summed E-state index contributed by atoms with van der Waals surface area (Å²) < 4.78 is 0. The molecule has 4 nitrogen and oxygen atoms in total. The minimum Gasteiger partial charge on any atom is -0.258 e. The zero-order chi connectivity index (χ0) is 14.5. The average molecular weight is 285 g/mol. The molecule has 20 heavy (non-hydrogen) atoms. The first-order chi connectivity index (χ1) is 9.63. The van der Waals surface area contributed by atoms with Crippen LogP contribution in [0.4, 0.5) is 5.69 Å². The first-order valence-electron chi connectivity index (χ1n) is 5.73. The van der Waals surface area contributed by atoms with Gasteiger partial charge in [-0.15, -0.1) is 0 Å². The van der Waals surface area contributed by atoms with Gasteiger partial charge in [-0.3, -0.25) is 10.1 Å². The normalized spacial score (nSPS) is 11.4. The van der Waals surface area contributed by atoms with Crippen LogP contribution in [0.15, 0.2) is 54.6 Å². The summed E-state index contributed by atoms with van der Waals surface area (Å²) in [5.74, 6) is 0. The molecule has 5 heteroatoms. The lowest BCUT2D eigenvalue weighted by atomic mass is 10.0. The minimum atomic E-state index is -0.498. The zero-order valence-corrected chi connectivity index (χ0v) is 11.0. The van der Waals surface area contributed by atoms with E-state index in [-0.39, 0.29) is 16.3 Å². The molecule has 2 rings (SSSR count). The van der Waals surface area contributed by atoms with E-state index >= 15 is 0 Å². The number of hydrogen-bond acceptors (Lipinski definition) is 3. The molecule has 0 spiro atoms. The molecule has 0 N–H and O–H groups in total. The third kappa shape index (κ3) is 2.85. The molecular weight excluding hydrogens is 276 g/mol. The molecule has 2 aromatic carbocycles. The van der Waals surface area contributed by atoms with E-state index < -0.39 is 4.92 Å². The van der Waals surface area contributed by atoms with Crippen molar-refractivity contribution in [2.24, 2.45) is 0 Å². The number of nitrogens with zero attached hydrogens (tertiary/aromatic N) is 2. The van der Waals surface area contributed by atoms with Gasteiger partial charge in [-0.2, -0.15) is 5.26 Å². The van der Waals surface area contributed by atoms with Crippen molar-refractivity contribution in [2.75, 3.05) is 0 Å². The largest absolute Gasteiger partial charge is 0.270 e.